The van der Waals surface area contributed by atoms with Gasteiger partial charge in [0.2, 0.25) is 10.0 Å². The van der Waals surface area contributed by atoms with Crippen LogP contribution >= 0.6 is 0 Å². The van der Waals surface area contributed by atoms with Crippen LogP contribution in [0.3, 0.4) is 0 Å². The number of hydrogen-bond acceptors (Lipinski definition) is 5. The number of aliphatic hydroxyl groups excluding tert-OH is 1. The van der Waals surface area contributed by atoms with Crippen LogP contribution in [0.15, 0.2) is 29.2 Å². The molecule has 2 rings (SSSR count). The Kier molecular flexibility index (Phi) is 4.95. The summed E-state index contributed by atoms with van der Waals surface area (Å²) in [6.07, 6.45) is 0. The number of nitrogens with zero attached hydrogens (tertiary/aromatic N) is 1. The summed E-state index contributed by atoms with van der Waals surface area (Å²) >= 11 is 0. The summed E-state index contributed by atoms with van der Waals surface area (Å²) in [6.45, 7) is 7.71. The number of rotatable bonds is 5. The van der Waals surface area contributed by atoms with Gasteiger partial charge < -0.3 is 14.4 Å². The van der Waals surface area contributed by atoms with Crippen LogP contribution in [-0.4, -0.2) is 56.3 Å². The maximum atomic E-state index is 12.3. The largest absolute Gasteiger partial charge is 0.494 e. The van der Waals surface area contributed by atoms with Crippen LogP contribution in [0.1, 0.15) is 27.7 Å². The van der Waals surface area contributed by atoms with Gasteiger partial charge in [-0.3, -0.25) is 0 Å². The summed E-state index contributed by atoms with van der Waals surface area (Å²) in [5.74, 6) is 0. The summed E-state index contributed by atoms with van der Waals surface area (Å²) in [4.78, 5) is 0.175. The van der Waals surface area contributed by atoms with Gasteiger partial charge in [-0.15, -0.1) is 0 Å². The average molecular weight is 341 g/mol. The Morgan fingerprint density at radius 1 is 1.09 bits per heavy atom. The lowest BCUT2D eigenvalue weighted by Crippen LogP contribution is -2.41. The molecule has 0 unspecified atom stereocenters. The first-order valence-corrected chi connectivity index (χ1v) is 8.98. The van der Waals surface area contributed by atoms with Crippen LogP contribution in [0, 0.1) is 0 Å². The molecule has 1 heterocycles. The Hall–Kier alpha value is -0.925. The second-order valence-electron chi connectivity index (χ2n) is 6.71. The van der Waals surface area contributed by atoms with E-state index in [4.69, 9.17) is 14.4 Å². The molecule has 0 spiro atoms. The smallest absolute Gasteiger partial charge is 0.399 e. The normalized spacial score (nSPS) is 20.2. The molecule has 1 aromatic carbocycles. The fourth-order valence-electron chi connectivity index (χ4n) is 2.22. The van der Waals surface area contributed by atoms with Gasteiger partial charge in [0.05, 0.1) is 22.7 Å². The first-order chi connectivity index (χ1) is 10.5. The SMILES string of the molecule is CN(CCO)S(=O)(=O)c1ccc(B2OC(C)(C)C(C)(C)O2)cc1. The molecule has 23 heavy (non-hydrogen) atoms. The summed E-state index contributed by atoms with van der Waals surface area (Å²) < 4.78 is 37.6. The third kappa shape index (κ3) is 3.46. The van der Waals surface area contributed by atoms with E-state index in [1.165, 1.54) is 19.2 Å². The number of likely N-dealkylation sites (N-methyl/N-ethyl adjacent to an activating group) is 1. The predicted molar refractivity (Wildman–Crippen MR) is 89.1 cm³/mol. The van der Waals surface area contributed by atoms with E-state index in [0.29, 0.717) is 0 Å². The molecule has 1 fully saturated rings. The third-order valence-corrected chi connectivity index (χ3v) is 6.40. The third-order valence-electron chi connectivity index (χ3n) is 4.53. The second-order valence-corrected chi connectivity index (χ2v) is 8.75. The molecule has 128 valence electrons. The number of hydrogen-bond donors (Lipinski definition) is 1. The van der Waals surface area contributed by atoms with Crippen molar-refractivity contribution >= 4 is 22.6 Å². The molecule has 1 N–H and O–H groups in total. The van der Waals surface area contributed by atoms with Crippen molar-refractivity contribution in [1.82, 2.24) is 4.31 Å². The van der Waals surface area contributed by atoms with Crippen LogP contribution in [0.2, 0.25) is 0 Å². The molecule has 1 aromatic rings. The first-order valence-electron chi connectivity index (χ1n) is 7.54. The number of benzene rings is 1. The monoisotopic (exact) mass is 341 g/mol. The molecule has 0 saturated carbocycles. The standard InChI is InChI=1S/C15H24BNO5S/c1-14(2)15(3,4)22-16(21-14)12-6-8-13(9-7-12)23(19,20)17(5)10-11-18/h6-9,18H,10-11H2,1-5H3. The van der Waals surface area contributed by atoms with Gasteiger partial charge in [0.15, 0.2) is 0 Å². The van der Waals surface area contributed by atoms with E-state index in [1.54, 1.807) is 12.1 Å². The Morgan fingerprint density at radius 3 is 2.00 bits per heavy atom. The lowest BCUT2D eigenvalue weighted by molar-refractivity contribution is 0.00578. The Morgan fingerprint density at radius 2 is 1.57 bits per heavy atom. The van der Waals surface area contributed by atoms with E-state index >= 15 is 0 Å². The van der Waals surface area contributed by atoms with Gasteiger partial charge in [-0.1, -0.05) is 12.1 Å². The summed E-state index contributed by atoms with van der Waals surface area (Å²) in [5, 5.41) is 8.89. The van der Waals surface area contributed by atoms with Crippen LogP contribution in [0.5, 0.6) is 0 Å². The molecule has 0 aliphatic carbocycles. The summed E-state index contributed by atoms with van der Waals surface area (Å²) in [5.41, 5.74) is -0.111. The lowest BCUT2D eigenvalue weighted by atomic mass is 9.79. The average Bonchev–Trinajstić information content (AvgIpc) is 2.68. The Labute approximate surface area is 138 Å². The topological polar surface area (TPSA) is 76.1 Å². The van der Waals surface area contributed by atoms with E-state index in [1.807, 2.05) is 27.7 Å². The molecule has 1 saturated heterocycles. The molecule has 0 bridgehead atoms. The number of aliphatic hydroxyl groups is 1. The highest BCUT2D eigenvalue weighted by Gasteiger charge is 2.51. The highest BCUT2D eigenvalue weighted by Crippen LogP contribution is 2.36. The van der Waals surface area contributed by atoms with Crippen molar-refractivity contribution in [1.29, 1.82) is 0 Å². The van der Waals surface area contributed by atoms with Gasteiger partial charge in [0.25, 0.3) is 0 Å². The molecule has 0 atom stereocenters. The maximum Gasteiger partial charge on any atom is 0.494 e. The molecule has 0 amide bonds. The fraction of sp³-hybridized carbons (Fsp3) is 0.600. The van der Waals surface area contributed by atoms with Crippen LogP contribution in [0.25, 0.3) is 0 Å². The minimum atomic E-state index is -3.60. The zero-order valence-electron chi connectivity index (χ0n) is 14.2. The zero-order chi connectivity index (χ0) is 17.5. The maximum absolute atomic E-state index is 12.3. The minimum Gasteiger partial charge on any atom is -0.399 e. The molecule has 1 aliphatic rings. The molecule has 0 radical (unpaired) electrons. The molecular formula is C15H24BNO5S. The van der Waals surface area contributed by atoms with Crippen molar-refractivity contribution in [2.75, 3.05) is 20.2 Å². The van der Waals surface area contributed by atoms with E-state index in [0.717, 1.165) is 9.77 Å². The van der Waals surface area contributed by atoms with Crippen LogP contribution in [0.4, 0.5) is 0 Å². The zero-order valence-corrected chi connectivity index (χ0v) is 15.1. The highest BCUT2D eigenvalue weighted by molar-refractivity contribution is 7.89. The van der Waals surface area contributed by atoms with E-state index < -0.39 is 28.3 Å². The van der Waals surface area contributed by atoms with E-state index in [2.05, 4.69) is 0 Å². The van der Waals surface area contributed by atoms with Crippen molar-refractivity contribution in [3.63, 3.8) is 0 Å². The summed E-state index contributed by atoms with van der Waals surface area (Å²) in [6, 6.07) is 6.46. The van der Waals surface area contributed by atoms with Crippen molar-refractivity contribution in [3.8, 4) is 0 Å². The number of sulfonamides is 1. The van der Waals surface area contributed by atoms with Gasteiger partial charge in [0, 0.05) is 13.6 Å². The van der Waals surface area contributed by atoms with Gasteiger partial charge >= 0.3 is 7.12 Å². The van der Waals surface area contributed by atoms with E-state index in [9.17, 15) is 8.42 Å². The van der Waals surface area contributed by atoms with Crippen molar-refractivity contribution in [2.45, 2.75) is 43.8 Å². The second kappa shape index (κ2) is 6.18. The predicted octanol–water partition coefficient (Wildman–Crippen LogP) is 0.599. The molecule has 8 heteroatoms. The van der Waals surface area contributed by atoms with Crippen LogP contribution < -0.4 is 5.46 Å². The summed E-state index contributed by atoms with van der Waals surface area (Å²) in [7, 11) is -2.68. The van der Waals surface area contributed by atoms with Crippen molar-refractivity contribution < 1.29 is 22.8 Å². The first kappa shape index (κ1) is 18.4. The van der Waals surface area contributed by atoms with Crippen molar-refractivity contribution in [2.24, 2.45) is 0 Å². The van der Waals surface area contributed by atoms with Gasteiger partial charge in [0.1, 0.15) is 0 Å². The Balaban J connectivity index is 2.21. The van der Waals surface area contributed by atoms with E-state index in [-0.39, 0.29) is 18.0 Å². The van der Waals surface area contributed by atoms with Crippen LogP contribution in [-0.2, 0) is 19.3 Å². The highest BCUT2D eigenvalue weighted by atomic mass is 32.2. The molecular weight excluding hydrogens is 317 g/mol. The lowest BCUT2D eigenvalue weighted by Gasteiger charge is -2.32. The fourth-order valence-corrected chi connectivity index (χ4v) is 3.38. The molecule has 1 aliphatic heterocycles. The molecule has 6 nitrogen and oxygen atoms in total. The van der Waals surface area contributed by atoms with Gasteiger partial charge in [-0.2, -0.15) is 4.31 Å². The minimum absolute atomic E-state index is 0.0569. The van der Waals surface area contributed by atoms with Gasteiger partial charge in [-0.05, 0) is 45.3 Å². The van der Waals surface area contributed by atoms with Gasteiger partial charge in [-0.25, -0.2) is 8.42 Å². The van der Waals surface area contributed by atoms with Crippen molar-refractivity contribution in [3.05, 3.63) is 24.3 Å². The molecule has 0 aromatic heterocycles. The quantitative estimate of drug-likeness (QED) is 0.794. The Bertz CT molecular complexity index is 641.